The van der Waals surface area contributed by atoms with Crippen LogP contribution in [0.15, 0.2) is 0 Å². The van der Waals surface area contributed by atoms with Crippen molar-refractivity contribution in [3.05, 3.63) is 0 Å². The molecule has 1 saturated heterocycles. The molecule has 5 aliphatic carbocycles. The fourth-order valence-electron chi connectivity index (χ4n) is 9.34. The Morgan fingerprint density at radius 2 is 1.23 bits per heavy atom. The highest BCUT2D eigenvalue weighted by Crippen LogP contribution is 2.72. The summed E-state index contributed by atoms with van der Waals surface area (Å²) in [6.07, 6.45) is 15.2. The summed E-state index contributed by atoms with van der Waals surface area (Å²) >= 11 is 0. The second kappa shape index (κ2) is 10.5. The molecular formula is C30H58O. The SMILES string of the molecule is C.C.C1CC2C(C1)C1CC2C2C3CCC(C3)C12.CCC.CCC1(C)COCC(C)(C)C1. The third kappa shape index (κ3) is 5.07. The van der Waals surface area contributed by atoms with Crippen molar-refractivity contribution in [3.63, 3.8) is 0 Å². The van der Waals surface area contributed by atoms with Crippen LogP contribution in [-0.4, -0.2) is 13.2 Å². The first kappa shape index (κ1) is 27.2. The van der Waals surface area contributed by atoms with Gasteiger partial charge in [0, 0.05) is 0 Å². The van der Waals surface area contributed by atoms with Crippen molar-refractivity contribution in [2.45, 2.75) is 121 Å². The smallest absolute Gasteiger partial charge is 0.0520 e. The number of hydrogen-bond donors (Lipinski definition) is 0. The number of ether oxygens (including phenoxy) is 1. The molecule has 31 heavy (non-hydrogen) atoms. The number of hydrogen-bond acceptors (Lipinski definition) is 1. The Hall–Kier alpha value is -0.0400. The van der Waals surface area contributed by atoms with Crippen LogP contribution in [0.25, 0.3) is 0 Å². The zero-order valence-corrected chi connectivity index (χ0v) is 20.5. The lowest BCUT2D eigenvalue weighted by Crippen LogP contribution is -2.38. The van der Waals surface area contributed by atoms with Gasteiger partial charge in [0.05, 0.1) is 13.2 Å². The Morgan fingerprint density at radius 1 is 0.710 bits per heavy atom. The van der Waals surface area contributed by atoms with E-state index in [2.05, 4.69) is 41.5 Å². The van der Waals surface area contributed by atoms with Gasteiger partial charge in [-0.25, -0.2) is 0 Å². The highest BCUT2D eigenvalue weighted by molar-refractivity contribution is 5.14. The van der Waals surface area contributed by atoms with Crippen LogP contribution in [0.2, 0.25) is 0 Å². The fourth-order valence-corrected chi connectivity index (χ4v) is 9.34. The van der Waals surface area contributed by atoms with Gasteiger partial charge in [0.25, 0.3) is 0 Å². The van der Waals surface area contributed by atoms with Gasteiger partial charge in [0.2, 0.25) is 0 Å². The highest BCUT2D eigenvalue weighted by atomic mass is 16.5. The second-order valence-electron chi connectivity index (χ2n) is 13.0. The molecule has 0 spiro atoms. The summed E-state index contributed by atoms with van der Waals surface area (Å²) in [6, 6.07) is 0. The Labute approximate surface area is 196 Å². The molecule has 6 rings (SSSR count). The van der Waals surface area contributed by atoms with Crippen LogP contribution in [0.3, 0.4) is 0 Å². The number of rotatable bonds is 1. The van der Waals surface area contributed by atoms with Crippen LogP contribution in [0, 0.1) is 58.2 Å². The normalized spacial score (nSPS) is 47.0. The van der Waals surface area contributed by atoms with Crippen molar-refractivity contribution < 1.29 is 4.74 Å². The van der Waals surface area contributed by atoms with Gasteiger partial charge < -0.3 is 4.74 Å². The van der Waals surface area contributed by atoms with Crippen LogP contribution < -0.4 is 0 Å². The lowest BCUT2D eigenvalue weighted by atomic mass is 9.64. The molecule has 1 nitrogen and oxygen atoms in total. The van der Waals surface area contributed by atoms with Gasteiger partial charge >= 0.3 is 0 Å². The maximum absolute atomic E-state index is 5.59. The lowest BCUT2D eigenvalue weighted by Gasteiger charge is -2.42. The molecule has 9 atom stereocenters. The first-order valence-electron chi connectivity index (χ1n) is 13.4. The molecule has 0 aromatic heterocycles. The van der Waals surface area contributed by atoms with E-state index < -0.39 is 0 Å². The minimum Gasteiger partial charge on any atom is -0.380 e. The molecular weight excluding hydrogens is 376 g/mol. The number of fused-ring (bicyclic) bond motifs is 12. The van der Waals surface area contributed by atoms with E-state index >= 15 is 0 Å². The summed E-state index contributed by atoms with van der Waals surface area (Å²) in [5.41, 5.74) is 0.824. The van der Waals surface area contributed by atoms with Crippen LogP contribution >= 0.6 is 0 Å². The summed E-state index contributed by atoms with van der Waals surface area (Å²) in [5.74, 6) is 9.78. The van der Waals surface area contributed by atoms with Gasteiger partial charge in [0.1, 0.15) is 0 Å². The Bertz CT molecular complexity index is 525. The van der Waals surface area contributed by atoms with Crippen LogP contribution in [0.5, 0.6) is 0 Å². The molecule has 9 unspecified atom stereocenters. The molecule has 0 amide bonds. The largest absolute Gasteiger partial charge is 0.380 e. The summed E-state index contributed by atoms with van der Waals surface area (Å²) in [4.78, 5) is 0. The minimum atomic E-state index is 0. The average Bonchev–Trinajstić information content (AvgIpc) is 3.44. The average molecular weight is 435 g/mol. The molecule has 6 aliphatic rings. The summed E-state index contributed by atoms with van der Waals surface area (Å²) < 4.78 is 5.59. The van der Waals surface area contributed by atoms with E-state index in [-0.39, 0.29) is 14.9 Å². The highest BCUT2D eigenvalue weighted by Gasteiger charge is 2.65. The Balaban J connectivity index is 0.000000193. The van der Waals surface area contributed by atoms with Crippen molar-refractivity contribution in [1.29, 1.82) is 0 Å². The van der Waals surface area contributed by atoms with E-state index in [1.54, 1.807) is 44.9 Å². The van der Waals surface area contributed by atoms with E-state index in [0.29, 0.717) is 10.8 Å². The van der Waals surface area contributed by atoms with Gasteiger partial charge in [0.15, 0.2) is 0 Å². The topological polar surface area (TPSA) is 9.23 Å². The Morgan fingerprint density at radius 3 is 1.65 bits per heavy atom. The first-order chi connectivity index (χ1) is 13.8. The summed E-state index contributed by atoms with van der Waals surface area (Å²) in [7, 11) is 0. The van der Waals surface area contributed by atoms with Gasteiger partial charge in [-0.3, -0.25) is 0 Å². The van der Waals surface area contributed by atoms with E-state index in [0.717, 1.165) is 13.2 Å². The minimum absolute atomic E-state index is 0. The zero-order valence-electron chi connectivity index (χ0n) is 20.5. The van der Waals surface area contributed by atoms with Crippen molar-refractivity contribution in [1.82, 2.24) is 0 Å². The molecule has 184 valence electrons. The summed E-state index contributed by atoms with van der Waals surface area (Å²) in [6.45, 7) is 15.3. The summed E-state index contributed by atoms with van der Waals surface area (Å²) in [5, 5.41) is 0. The molecule has 5 saturated carbocycles. The molecule has 0 radical (unpaired) electrons. The van der Waals surface area contributed by atoms with E-state index in [9.17, 15) is 0 Å². The molecule has 6 fully saturated rings. The maximum Gasteiger partial charge on any atom is 0.0520 e. The third-order valence-electron chi connectivity index (χ3n) is 10.0. The quantitative estimate of drug-likeness (QED) is 0.373. The van der Waals surface area contributed by atoms with Crippen molar-refractivity contribution >= 4 is 0 Å². The second-order valence-corrected chi connectivity index (χ2v) is 13.0. The van der Waals surface area contributed by atoms with Crippen LogP contribution in [-0.2, 0) is 4.74 Å². The standard InChI is InChI=1S/C15H22.C10H20O.C3H8.2CH4/c1-2-10-11(3-1)13-7-12(10)14-8-4-5-9(6-8)15(13)14;1-5-10(4)6-9(2,3)7-11-8-10;1-3-2;;/h8-15H,1-7H2;5-8H2,1-4H3;3H2,1-2H3;2*1H4. The maximum atomic E-state index is 5.59. The van der Waals surface area contributed by atoms with Crippen molar-refractivity contribution in [2.75, 3.05) is 13.2 Å². The zero-order chi connectivity index (χ0) is 20.8. The van der Waals surface area contributed by atoms with E-state index in [1.165, 1.54) is 66.6 Å². The molecule has 4 bridgehead atoms. The molecule has 1 heterocycles. The predicted molar refractivity (Wildman–Crippen MR) is 137 cm³/mol. The van der Waals surface area contributed by atoms with Gasteiger partial charge in [-0.05, 0) is 110 Å². The van der Waals surface area contributed by atoms with Crippen LogP contribution in [0.4, 0.5) is 0 Å². The fraction of sp³-hybridized carbons (Fsp3) is 1.00. The van der Waals surface area contributed by atoms with Crippen LogP contribution in [0.1, 0.15) is 121 Å². The first-order valence-corrected chi connectivity index (χ1v) is 13.4. The molecule has 1 heteroatoms. The monoisotopic (exact) mass is 434 g/mol. The van der Waals surface area contributed by atoms with Gasteiger partial charge in [-0.15, -0.1) is 0 Å². The predicted octanol–water partition coefficient (Wildman–Crippen LogP) is 9.25. The van der Waals surface area contributed by atoms with Crippen molar-refractivity contribution in [2.24, 2.45) is 58.2 Å². The molecule has 0 aromatic rings. The third-order valence-corrected chi connectivity index (χ3v) is 10.0. The lowest BCUT2D eigenvalue weighted by molar-refractivity contribution is -0.0697. The van der Waals surface area contributed by atoms with Gasteiger partial charge in [-0.2, -0.15) is 0 Å². The molecule has 0 aromatic carbocycles. The van der Waals surface area contributed by atoms with Crippen molar-refractivity contribution in [3.8, 4) is 0 Å². The van der Waals surface area contributed by atoms with Gasteiger partial charge in [-0.1, -0.05) is 69.2 Å². The Kier molecular flexibility index (Phi) is 9.20. The molecule has 1 aliphatic heterocycles. The van der Waals surface area contributed by atoms with E-state index in [4.69, 9.17) is 4.74 Å². The molecule has 0 N–H and O–H groups in total. The van der Waals surface area contributed by atoms with E-state index in [1.807, 2.05) is 0 Å².